The van der Waals surface area contributed by atoms with Gasteiger partial charge in [-0.15, -0.1) is 4.91 Å². The van der Waals surface area contributed by atoms with Gasteiger partial charge in [0.1, 0.15) is 29.0 Å². The first-order valence-corrected chi connectivity index (χ1v) is 20.5. The van der Waals surface area contributed by atoms with E-state index in [0.29, 0.717) is 18.5 Å². The monoisotopic (exact) mass is 833 g/mol. The van der Waals surface area contributed by atoms with Crippen molar-refractivity contribution in [2.24, 2.45) is 33.8 Å². The molecular formula is C44H59N5O11. The first-order chi connectivity index (χ1) is 28.3. The summed E-state index contributed by atoms with van der Waals surface area (Å²) in [5, 5.41) is 57.1. The van der Waals surface area contributed by atoms with Gasteiger partial charge >= 0.3 is 5.97 Å². The highest BCUT2D eigenvalue weighted by Gasteiger charge is 2.52. The molecule has 4 aliphatic rings. The van der Waals surface area contributed by atoms with Gasteiger partial charge in [0, 0.05) is 86.0 Å². The molecule has 16 heteroatoms. The van der Waals surface area contributed by atoms with Crippen LogP contribution in [0.4, 0.5) is 17.1 Å². The third-order valence-corrected chi connectivity index (χ3v) is 13.0. The van der Waals surface area contributed by atoms with Crippen LogP contribution >= 0.6 is 0 Å². The molecule has 4 aliphatic heterocycles. The van der Waals surface area contributed by atoms with E-state index >= 15 is 0 Å². The Balaban J connectivity index is 1.56. The summed E-state index contributed by atoms with van der Waals surface area (Å²) in [6.07, 6.45) is 7.13. The number of nitroso groups, excluding NO2 is 1. The van der Waals surface area contributed by atoms with Crippen molar-refractivity contribution in [3.05, 3.63) is 52.2 Å². The number of hydrogen-bond donors (Lipinski definition) is 6. The quantitative estimate of drug-likeness (QED) is 0.0871. The minimum atomic E-state index is -1.78. The largest absolute Gasteiger partial charge is 0.507 e. The molecule has 0 aromatic heterocycles. The number of aliphatic imine (C=N–C) groups is 1. The fourth-order valence-electron chi connectivity index (χ4n) is 9.02. The number of anilines is 2. The van der Waals surface area contributed by atoms with Gasteiger partial charge in [-0.2, -0.15) is 0 Å². The number of aromatic hydroxyl groups is 2. The van der Waals surface area contributed by atoms with Gasteiger partial charge in [0.2, 0.25) is 0 Å². The van der Waals surface area contributed by atoms with Crippen molar-refractivity contribution >= 4 is 45.9 Å². The SMILES string of the molecule is CO[C@H]1C=CO[C@@]2(C)Oc3c(C)c(O)c4c(O)c(c5c(c4c3C2N=O)NC2(C=N5)CCN(C)CC2)NC(=O)C(C)=CC=C[C@H](C)[C@H](O)[C@@H](C)[C@@H](O)[C@@H](C)[C@H](OC(C)=O)[C@@H]1C. The summed E-state index contributed by atoms with van der Waals surface area (Å²) < 4.78 is 24.3. The second kappa shape index (κ2) is 17.1. The number of carbonyl (C=O) groups excluding carboxylic acids is 2. The number of rotatable bonds is 3. The molecule has 1 unspecified atom stereocenters. The Kier molecular flexibility index (Phi) is 12.7. The van der Waals surface area contributed by atoms with Crippen molar-refractivity contribution in [2.75, 3.05) is 37.9 Å². The average molecular weight is 834 g/mol. The van der Waals surface area contributed by atoms with Crippen molar-refractivity contribution < 1.29 is 49.0 Å². The number of aliphatic hydroxyl groups is 2. The van der Waals surface area contributed by atoms with Crippen LogP contribution in [0.25, 0.3) is 10.8 Å². The number of methoxy groups -OCH3 is 1. The molecule has 10 atom stereocenters. The predicted octanol–water partition coefficient (Wildman–Crippen LogP) is 6.27. The normalized spacial score (nSPS) is 32.2. The molecule has 1 spiro atoms. The van der Waals surface area contributed by atoms with Gasteiger partial charge in [0.05, 0.1) is 41.2 Å². The first-order valence-electron chi connectivity index (χ1n) is 20.5. The number of benzene rings is 2. The molecule has 0 saturated carbocycles. The van der Waals surface area contributed by atoms with Crippen LogP contribution in [0.15, 0.2) is 46.3 Å². The Morgan fingerprint density at radius 2 is 1.68 bits per heavy atom. The number of ether oxygens (including phenoxy) is 4. The molecule has 60 heavy (non-hydrogen) atoms. The summed E-state index contributed by atoms with van der Waals surface area (Å²) >= 11 is 0. The summed E-state index contributed by atoms with van der Waals surface area (Å²) in [4.78, 5) is 46.4. The lowest BCUT2D eigenvalue weighted by Gasteiger charge is -2.42. The van der Waals surface area contributed by atoms with Gasteiger partial charge in [-0.25, -0.2) is 0 Å². The maximum Gasteiger partial charge on any atom is 0.302 e. The fraction of sp³-hybridized carbons (Fsp3) is 0.568. The molecule has 6 N–H and O–H groups in total. The Morgan fingerprint density at radius 1 is 1.00 bits per heavy atom. The van der Waals surface area contributed by atoms with Gasteiger partial charge < -0.3 is 54.9 Å². The molecule has 1 fully saturated rings. The highest BCUT2D eigenvalue weighted by atomic mass is 16.7. The minimum absolute atomic E-state index is 0.0426. The first kappa shape index (κ1) is 44.5. The van der Waals surface area contributed by atoms with E-state index in [1.165, 1.54) is 27.2 Å². The maximum atomic E-state index is 13.8. The molecule has 4 bridgehead atoms. The number of phenols is 2. The number of esters is 1. The van der Waals surface area contributed by atoms with Gasteiger partial charge in [-0.3, -0.25) is 14.6 Å². The Hall–Kier alpha value is -5.03. The summed E-state index contributed by atoms with van der Waals surface area (Å²) in [5.74, 6) is -6.00. The Labute approximate surface area is 350 Å². The summed E-state index contributed by atoms with van der Waals surface area (Å²) in [7, 11) is 3.50. The topological polar surface area (TPSA) is 221 Å². The van der Waals surface area contributed by atoms with Crippen molar-refractivity contribution in [1.82, 2.24) is 4.90 Å². The van der Waals surface area contributed by atoms with Crippen molar-refractivity contribution in [3.63, 3.8) is 0 Å². The fourth-order valence-corrected chi connectivity index (χ4v) is 9.02. The lowest BCUT2D eigenvalue weighted by atomic mass is 9.78. The van der Waals surface area contributed by atoms with Crippen molar-refractivity contribution in [1.29, 1.82) is 0 Å². The minimum Gasteiger partial charge on any atom is -0.507 e. The molecule has 16 nitrogen and oxygen atoms in total. The van der Waals surface area contributed by atoms with E-state index in [1.807, 2.05) is 7.05 Å². The van der Waals surface area contributed by atoms with E-state index in [0.717, 1.165) is 13.1 Å². The zero-order valence-electron chi connectivity index (χ0n) is 36.0. The zero-order chi connectivity index (χ0) is 44.0. The molecule has 0 radical (unpaired) electrons. The van der Waals surface area contributed by atoms with E-state index in [9.17, 15) is 34.9 Å². The van der Waals surface area contributed by atoms with Crippen LogP contribution in [-0.2, 0) is 23.8 Å². The smallest absolute Gasteiger partial charge is 0.302 e. The zero-order valence-corrected chi connectivity index (χ0v) is 36.0. The van der Waals surface area contributed by atoms with Gasteiger partial charge in [0.15, 0.2) is 11.8 Å². The van der Waals surface area contributed by atoms with E-state index in [-0.39, 0.29) is 50.3 Å². The number of nitrogens with zero attached hydrogens (tertiary/aromatic N) is 3. The highest BCUT2D eigenvalue weighted by molar-refractivity contribution is 6.19. The summed E-state index contributed by atoms with van der Waals surface area (Å²) in [6.45, 7) is 14.5. The molecule has 6 rings (SSSR count). The van der Waals surface area contributed by atoms with Gasteiger partial charge in [0.25, 0.3) is 11.7 Å². The van der Waals surface area contributed by atoms with Crippen molar-refractivity contribution in [3.8, 4) is 17.2 Å². The number of likely N-dealkylation sites (tertiary alicyclic amines) is 1. The second-order valence-electron chi connectivity index (χ2n) is 17.2. The summed E-state index contributed by atoms with van der Waals surface area (Å²) in [5.41, 5.74) is 0.547. The lowest BCUT2D eigenvalue weighted by Crippen LogP contribution is -2.50. The van der Waals surface area contributed by atoms with Crippen LogP contribution in [-0.4, -0.2) is 106 Å². The van der Waals surface area contributed by atoms with Crippen LogP contribution in [0.1, 0.15) is 78.5 Å². The van der Waals surface area contributed by atoms with E-state index in [1.54, 1.807) is 72.1 Å². The van der Waals surface area contributed by atoms with Crippen LogP contribution < -0.4 is 15.4 Å². The number of aliphatic hydroxyl groups excluding tert-OH is 2. The Morgan fingerprint density at radius 3 is 2.32 bits per heavy atom. The van der Waals surface area contributed by atoms with E-state index < -0.39 is 83.1 Å². The number of nitrogens with one attached hydrogen (secondary N) is 2. The van der Waals surface area contributed by atoms with Crippen LogP contribution in [0.2, 0.25) is 0 Å². The third-order valence-electron chi connectivity index (χ3n) is 13.0. The number of piperidine rings is 1. The average Bonchev–Trinajstić information content (AvgIpc) is 3.52. The third kappa shape index (κ3) is 7.97. The molecule has 0 aliphatic carbocycles. The molecule has 326 valence electrons. The van der Waals surface area contributed by atoms with E-state index in [2.05, 4.69) is 20.7 Å². The number of carbonyl (C=O) groups is 2. The molecule has 1 saturated heterocycles. The lowest BCUT2D eigenvalue weighted by molar-refractivity contribution is -0.160. The van der Waals surface area contributed by atoms with Crippen LogP contribution in [0.3, 0.4) is 0 Å². The number of allylic oxidation sites excluding steroid dienone is 2. The number of hydrogen-bond acceptors (Lipinski definition) is 15. The molecular weight excluding hydrogens is 775 g/mol. The standard InChI is InChI=1S/C44H59N5O11/c1-21-12-11-13-22(2)42(55)46-34-33-32(47-44(20-45-33)15-17-49(9)18-16-44)29-30(38(34)54)37(53)26(6)40-31(29)41(48-56)43(8,60-40)58-19-14-28(57-10)23(3)39(59-27(7)50)25(5)36(52)24(4)35(21)51/h11-14,19-21,23-25,28,35-36,39,41,47,51-54H,15-18H2,1-10H3,(H,46,55)/t21-,23+,24+,25+,28-,35-,36+,39+,41?,43-/m0/s1. The molecule has 1 amide bonds. The Bertz CT molecular complexity index is 2140. The number of phenolic OH excluding ortho intramolecular Hbond substituents is 2. The molecule has 2 aromatic rings. The predicted molar refractivity (Wildman–Crippen MR) is 228 cm³/mol. The van der Waals surface area contributed by atoms with E-state index in [4.69, 9.17) is 23.9 Å². The molecule has 2 aromatic carbocycles. The van der Waals surface area contributed by atoms with Gasteiger partial charge in [-0.05, 0) is 39.8 Å². The van der Waals surface area contributed by atoms with Gasteiger partial charge in [-0.1, -0.05) is 51.1 Å². The second-order valence-corrected chi connectivity index (χ2v) is 17.2. The number of amides is 1. The maximum absolute atomic E-state index is 13.8. The number of fused-ring (bicyclic) bond motifs is 1. The van der Waals surface area contributed by atoms with Crippen LogP contribution in [0, 0.1) is 35.5 Å². The molecule has 4 heterocycles. The highest BCUT2D eigenvalue weighted by Crippen LogP contribution is 2.61. The van der Waals surface area contributed by atoms with Crippen molar-refractivity contribution in [2.45, 2.75) is 110 Å². The van der Waals surface area contributed by atoms with Crippen LogP contribution in [0.5, 0.6) is 17.2 Å². The summed E-state index contributed by atoms with van der Waals surface area (Å²) in [6, 6.07) is -1.36.